The van der Waals surface area contributed by atoms with E-state index in [1.807, 2.05) is 0 Å². The van der Waals surface area contributed by atoms with Crippen molar-refractivity contribution in [3.8, 4) is 0 Å². The summed E-state index contributed by atoms with van der Waals surface area (Å²) in [5.74, 6) is -1.10. The van der Waals surface area contributed by atoms with E-state index in [4.69, 9.17) is 23.8 Å². The summed E-state index contributed by atoms with van der Waals surface area (Å²) in [4.78, 5) is 37.2. The number of hydrazine groups is 1. The fraction of sp³-hybridized carbons (Fsp3) is 0.333. The van der Waals surface area contributed by atoms with Crippen molar-refractivity contribution in [1.82, 2.24) is 15.3 Å². The summed E-state index contributed by atoms with van der Waals surface area (Å²) in [7, 11) is 0. The Morgan fingerprint density at radius 3 is 2.79 bits per heavy atom. The molecule has 0 spiro atoms. The van der Waals surface area contributed by atoms with E-state index in [1.54, 1.807) is 38.1 Å². The van der Waals surface area contributed by atoms with E-state index >= 15 is 0 Å². The molecule has 2 fully saturated rings. The average molecular weight is 367 g/mol. The Kier molecular flexibility index (Phi) is 4.06. The molecule has 0 bridgehead atoms. The van der Waals surface area contributed by atoms with Gasteiger partial charge in [0.1, 0.15) is 11.6 Å². The second kappa shape index (κ2) is 5.80. The third kappa shape index (κ3) is 2.66. The molecule has 2 N–H and O–H groups in total. The number of hydrogen-bond acceptors (Lipinski definition) is 5. The summed E-state index contributed by atoms with van der Waals surface area (Å²) in [6.45, 7) is 3.27. The van der Waals surface area contributed by atoms with Crippen molar-refractivity contribution in [3.05, 3.63) is 29.3 Å². The number of hydrogen-bond donors (Lipinski definition) is 2. The van der Waals surface area contributed by atoms with Crippen LogP contribution in [0, 0.1) is 0 Å². The minimum atomic E-state index is -1.09. The van der Waals surface area contributed by atoms with Crippen LogP contribution in [0.1, 0.15) is 20.3 Å². The van der Waals surface area contributed by atoms with Gasteiger partial charge in [0.05, 0.1) is 6.42 Å². The molecule has 1 aromatic rings. The minimum absolute atomic E-state index is 0.0117. The number of nitrogens with zero attached hydrogens (tertiary/aromatic N) is 2. The number of anilines is 1. The van der Waals surface area contributed by atoms with E-state index in [0.717, 1.165) is 0 Å². The highest BCUT2D eigenvalue weighted by Crippen LogP contribution is 2.33. The van der Waals surface area contributed by atoms with Gasteiger partial charge in [0.15, 0.2) is 5.11 Å². The fourth-order valence-electron chi connectivity index (χ4n) is 2.85. The maximum absolute atomic E-state index is 12.7. The van der Waals surface area contributed by atoms with Crippen LogP contribution in [0.4, 0.5) is 5.69 Å². The Balaban J connectivity index is 1.90. The molecule has 3 rings (SSSR count). The van der Waals surface area contributed by atoms with Crippen molar-refractivity contribution < 1.29 is 14.4 Å². The first kappa shape index (κ1) is 16.8. The van der Waals surface area contributed by atoms with Crippen LogP contribution in [-0.2, 0) is 14.4 Å². The average Bonchev–Trinajstić information content (AvgIpc) is 2.84. The SMILES string of the molecule is CC1(C)C(=O)NC(=S)N2C(=O)C[C@@H](C(=O)Nc3cccc(Cl)c3)N21. The zero-order valence-electron chi connectivity index (χ0n) is 13.0. The molecule has 126 valence electrons. The van der Waals surface area contributed by atoms with Crippen LogP contribution in [0.5, 0.6) is 0 Å². The largest absolute Gasteiger partial charge is 0.325 e. The van der Waals surface area contributed by atoms with Crippen LogP contribution >= 0.6 is 23.8 Å². The van der Waals surface area contributed by atoms with E-state index in [0.29, 0.717) is 10.7 Å². The summed E-state index contributed by atoms with van der Waals surface area (Å²) in [6.07, 6.45) is -0.0646. The molecular weight excluding hydrogens is 352 g/mol. The first-order chi connectivity index (χ1) is 11.2. The molecule has 24 heavy (non-hydrogen) atoms. The predicted molar refractivity (Wildman–Crippen MR) is 92.0 cm³/mol. The molecule has 0 aliphatic carbocycles. The van der Waals surface area contributed by atoms with Crippen molar-refractivity contribution in [2.24, 2.45) is 0 Å². The first-order valence-electron chi connectivity index (χ1n) is 7.26. The van der Waals surface area contributed by atoms with Crippen molar-refractivity contribution in [3.63, 3.8) is 0 Å². The van der Waals surface area contributed by atoms with Crippen molar-refractivity contribution >= 4 is 52.3 Å². The van der Waals surface area contributed by atoms with Gasteiger partial charge in [-0.25, -0.2) is 5.01 Å². The summed E-state index contributed by atoms with van der Waals surface area (Å²) in [5.41, 5.74) is -0.578. The minimum Gasteiger partial charge on any atom is -0.325 e. The predicted octanol–water partition coefficient (Wildman–Crippen LogP) is 1.29. The van der Waals surface area contributed by atoms with Crippen LogP contribution in [0.25, 0.3) is 0 Å². The highest BCUT2D eigenvalue weighted by molar-refractivity contribution is 7.80. The quantitative estimate of drug-likeness (QED) is 0.771. The van der Waals surface area contributed by atoms with Crippen molar-refractivity contribution in [2.45, 2.75) is 31.8 Å². The van der Waals surface area contributed by atoms with Crippen LogP contribution < -0.4 is 10.6 Å². The molecule has 2 aliphatic heterocycles. The molecule has 0 unspecified atom stereocenters. The number of carbonyl (C=O) groups is 3. The van der Waals surface area contributed by atoms with Gasteiger partial charge in [-0.1, -0.05) is 17.7 Å². The zero-order chi connectivity index (χ0) is 17.6. The number of rotatable bonds is 2. The number of carbonyl (C=O) groups excluding carboxylic acids is 3. The van der Waals surface area contributed by atoms with Gasteiger partial charge in [-0.2, -0.15) is 5.01 Å². The monoisotopic (exact) mass is 366 g/mol. The molecule has 0 saturated carbocycles. The van der Waals surface area contributed by atoms with Crippen LogP contribution in [0.3, 0.4) is 0 Å². The summed E-state index contributed by atoms with van der Waals surface area (Å²) in [6, 6.07) is 5.85. The topological polar surface area (TPSA) is 81.8 Å². The standard InChI is InChI=1S/C15H15ClN4O3S/c1-15(2)13(23)18-14(24)19-11(21)7-10(20(15)19)12(22)17-9-5-3-4-8(16)6-9/h3-6,10H,7H2,1-2H3,(H,17,22)(H,18,23,24)/t10-/m0/s1. The van der Waals surface area contributed by atoms with Crippen LogP contribution in [-0.4, -0.2) is 44.4 Å². The van der Waals surface area contributed by atoms with Gasteiger partial charge in [-0.3, -0.25) is 19.7 Å². The molecule has 0 aromatic heterocycles. The Bertz CT molecular complexity index is 767. The summed E-state index contributed by atoms with van der Waals surface area (Å²) >= 11 is 11.0. The van der Waals surface area contributed by atoms with Gasteiger partial charge in [0.2, 0.25) is 17.7 Å². The Morgan fingerprint density at radius 1 is 1.42 bits per heavy atom. The number of benzene rings is 1. The van der Waals surface area contributed by atoms with Crippen molar-refractivity contribution in [1.29, 1.82) is 0 Å². The summed E-state index contributed by atoms with van der Waals surface area (Å²) < 4.78 is 0. The Morgan fingerprint density at radius 2 is 2.12 bits per heavy atom. The highest BCUT2D eigenvalue weighted by atomic mass is 35.5. The first-order valence-corrected chi connectivity index (χ1v) is 8.04. The molecule has 2 heterocycles. The molecule has 1 atom stereocenters. The van der Waals surface area contributed by atoms with Gasteiger partial charge in [0.25, 0.3) is 0 Å². The van der Waals surface area contributed by atoms with E-state index in [9.17, 15) is 14.4 Å². The molecule has 9 heteroatoms. The highest BCUT2D eigenvalue weighted by Gasteiger charge is 2.56. The van der Waals surface area contributed by atoms with Gasteiger partial charge in [-0.05, 0) is 44.3 Å². The second-order valence-corrected chi connectivity index (χ2v) is 6.91. The van der Waals surface area contributed by atoms with Crippen LogP contribution in [0.2, 0.25) is 5.02 Å². The molecule has 3 amide bonds. The maximum Gasteiger partial charge on any atom is 0.248 e. The number of fused-ring (bicyclic) bond motifs is 1. The fourth-order valence-corrected chi connectivity index (χ4v) is 3.32. The lowest BCUT2D eigenvalue weighted by molar-refractivity contribution is -0.154. The van der Waals surface area contributed by atoms with Gasteiger partial charge in [-0.15, -0.1) is 0 Å². The van der Waals surface area contributed by atoms with Gasteiger partial charge >= 0.3 is 0 Å². The van der Waals surface area contributed by atoms with E-state index in [1.165, 1.54) is 10.0 Å². The normalized spacial score (nSPS) is 23.0. The van der Waals surface area contributed by atoms with E-state index in [-0.39, 0.29) is 23.3 Å². The lowest BCUT2D eigenvalue weighted by Crippen LogP contribution is -2.71. The molecule has 2 aliphatic rings. The van der Waals surface area contributed by atoms with Gasteiger partial charge in [0, 0.05) is 10.7 Å². The molecular formula is C15H15ClN4O3S. The molecule has 2 saturated heterocycles. The maximum atomic E-state index is 12.7. The van der Waals surface area contributed by atoms with E-state index in [2.05, 4.69) is 10.6 Å². The summed E-state index contributed by atoms with van der Waals surface area (Å²) in [5, 5.41) is 8.33. The lowest BCUT2D eigenvalue weighted by atomic mass is 10.00. The van der Waals surface area contributed by atoms with Gasteiger partial charge < -0.3 is 5.32 Å². The number of amides is 3. The third-order valence-electron chi connectivity index (χ3n) is 4.05. The number of halogens is 1. The third-order valence-corrected chi connectivity index (χ3v) is 4.56. The molecule has 0 radical (unpaired) electrons. The molecule has 7 nitrogen and oxygen atoms in total. The second-order valence-electron chi connectivity index (χ2n) is 6.09. The Labute approximate surface area is 148 Å². The van der Waals surface area contributed by atoms with Crippen LogP contribution in [0.15, 0.2) is 24.3 Å². The van der Waals surface area contributed by atoms with E-state index < -0.39 is 17.5 Å². The smallest absolute Gasteiger partial charge is 0.248 e. The zero-order valence-corrected chi connectivity index (χ0v) is 14.6. The molecule has 1 aromatic carbocycles. The number of nitrogens with one attached hydrogen (secondary N) is 2. The van der Waals surface area contributed by atoms with Crippen molar-refractivity contribution in [2.75, 3.05) is 5.32 Å². The Hall–Kier alpha value is -2.03. The lowest BCUT2D eigenvalue weighted by Gasteiger charge is -2.45. The number of thiocarbonyl (C=S) groups is 1.